The van der Waals surface area contributed by atoms with Crippen LogP contribution >= 0.6 is 0 Å². The molecule has 1 fully saturated rings. The SMILES string of the molecule is CC(N)=NC(=O)c1cc(C)c(C)nc1N1CCC(NCC(C)C)CC1. The molecule has 1 aromatic heterocycles. The first-order chi connectivity index (χ1) is 11.8. The number of nitrogens with zero attached hydrogens (tertiary/aromatic N) is 3. The van der Waals surface area contributed by atoms with E-state index in [2.05, 4.69) is 29.1 Å². The molecule has 0 aliphatic carbocycles. The summed E-state index contributed by atoms with van der Waals surface area (Å²) in [6, 6.07) is 2.42. The highest BCUT2D eigenvalue weighted by Gasteiger charge is 2.24. The Morgan fingerprint density at radius 1 is 1.40 bits per heavy atom. The van der Waals surface area contributed by atoms with Crippen LogP contribution in [0.15, 0.2) is 11.1 Å². The zero-order chi connectivity index (χ0) is 18.6. The van der Waals surface area contributed by atoms with E-state index in [1.807, 2.05) is 19.9 Å². The van der Waals surface area contributed by atoms with Gasteiger partial charge >= 0.3 is 0 Å². The van der Waals surface area contributed by atoms with Crippen LogP contribution in [0.5, 0.6) is 0 Å². The van der Waals surface area contributed by atoms with E-state index in [1.54, 1.807) is 6.92 Å². The summed E-state index contributed by atoms with van der Waals surface area (Å²) < 4.78 is 0. The number of hydrogen-bond donors (Lipinski definition) is 2. The van der Waals surface area contributed by atoms with Gasteiger partial charge in [-0.3, -0.25) is 4.79 Å². The number of pyridine rings is 1. The summed E-state index contributed by atoms with van der Waals surface area (Å²) in [6.45, 7) is 12.8. The topological polar surface area (TPSA) is 83.6 Å². The van der Waals surface area contributed by atoms with Crippen molar-refractivity contribution in [3.63, 3.8) is 0 Å². The molecule has 1 saturated heterocycles. The van der Waals surface area contributed by atoms with E-state index in [9.17, 15) is 4.79 Å². The molecule has 0 unspecified atom stereocenters. The summed E-state index contributed by atoms with van der Waals surface area (Å²) >= 11 is 0. The smallest absolute Gasteiger partial charge is 0.282 e. The predicted molar refractivity (Wildman–Crippen MR) is 103 cm³/mol. The molecule has 2 heterocycles. The number of nitrogens with two attached hydrogens (primary N) is 1. The summed E-state index contributed by atoms with van der Waals surface area (Å²) in [5.74, 6) is 1.35. The number of aryl methyl sites for hydroxylation is 2. The number of aliphatic imine (C=N–C) groups is 1. The van der Waals surface area contributed by atoms with Crippen LogP contribution < -0.4 is 16.0 Å². The molecule has 1 aromatic rings. The molecule has 0 bridgehead atoms. The molecule has 1 aliphatic rings. The lowest BCUT2D eigenvalue weighted by Gasteiger charge is -2.34. The van der Waals surface area contributed by atoms with Gasteiger partial charge in [0.25, 0.3) is 5.91 Å². The maximum atomic E-state index is 12.5. The fourth-order valence-corrected chi connectivity index (χ4v) is 3.01. The summed E-state index contributed by atoms with van der Waals surface area (Å²) in [5, 5.41) is 3.62. The van der Waals surface area contributed by atoms with E-state index in [1.165, 1.54) is 0 Å². The summed E-state index contributed by atoms with van der Waals surface area (Å²) in [7, 11) is 0. The summed E-state index contributed by atoms with van der Waals surface area (Å²) in [6.07, 6.45) is 2.10. The molecular formula is C19H31N5O. The lowest BCUT2D eigenvalue weighted by Crippen LogP contribution is -2.44. The second-order valence-electron chi connectivity index (χ2n) is 7.38. The number of aromatic nitrogens is 1. The van der Waals surface area contributed by atoms with Crippen molar-refractivity contribution >= 4 is 17.6 Å². The summed E-state index contributed by atoms with van der Waals surface area (Å²) in [5.41, 5.74) is 8.07. The Hall–Kier alpha value is -1.95. The average Bonchev–Trinajstić information content (AvgIpc) is 2.55. The van der Waals surface area contributed by atoms with Crippen molar-refractivity contribution in [2.24, 2.45) is 16.6 Å². The maximum absolute atomic E-state index is 12.5. The third-order valence-corrected chi connectivity index (χ3v) is 4.56. The number of anilines is 1. The minimum atomic E-state index is -0.314. The molecule has 0 saturated carbocycles. The standard InChI is InChI=1S/C19H31N5O/c1-12(2)11-21-16-6-8-24(9-7-16)18-17(19(25)23-15(5)20)10-13(3)14(4)22-18/h10,12,16,21H,6-9,11H2,1-5H3,(H2,20,23,25). The first-order valence-electron chi connectivity index (χ1n) is 9.09. The third kappa shape index (κ3) is 5.26. The zero-order valence-electron chi connectivity index (χ0n) is 16.1. The number of nitrogens with one attached hydrogen (secondary N) is 1. The number of carbonyl (C=O) groups excluding carboxylic acids is 1. The Balaban J connectivity index is 2.17. The molecule has 138 valence electrons. The molecule has 0 spiro atoms. The quantitative estimate of drug-likeness (QED) is 0.632. The molecule has 2 rings (SSSR count). The van der Waals surface area contributed by atoms with Gasteiger partial charge in [0.05, 0.1) is 5.56 Å². The fraction of sp³-hybridized carbons (Fsp3) is 0.632. The highest BCUT2D eigenvalue weighted by molar-refractivity contribution is 6.05. The number of carbonyl (C=O) groups is 1. The first kappa shape index (κ1) is 19.4. The molecule has 0 atom stereocenters. The highest BCUT2D eigenvalue weighted by Crippen LogP contribution is 2.25. The van der Waals surface area contributed by atoms with E-state index in [0.717, 1.165) is 49.6 Å². The predicted octanol–water partition coefficient (Wildman–Crippen LogP) is 2.43. The molecule has 0 radical (unpaired) electrons. The first-order valence-corrected chi connectivity index (χ1v) is 9.09. The van der Waals surface area contributed by atoms with Gasteiger partial charge in [-0.15, -0.1) is 0 Å². The van der Waals surface area contributed by atoms with Crippen LogP contribution in [-0.4, -0.2) is 42.4 Å². The van der Waals surface area contributed by atoms with E-state index >= 15 is 0 Å². The summed E-state index contributed by atoms with van der Waals surface area (Å²) in [4.78, 5) is 23.3. The van der Waals surface area contributed by atoms with Gasteiger partial charge in [-0.1, -0.05) is 13.8 Å². The van der Waals surface area contributed by atoms with Gasteiger partial charge < -0.3 is 16.0 Å². The zero-order valence-corrected chi connectivity index (χ0v) is 16.1. The van der Waals surface area contributed by atoms with Gasteiger partial charge in [0.15, 0.2) is 0 Å². The Kier molecular flexibility index (Phi) is 6.53. The van der Waals surface area contributed by atoms with E-state index in [4.69, 9.17) is 10.7 Å². The molecule has 6 nitrogen and oxygen atoms in total. The van der Waals surface area contributed by atoms with Crippen molar-refractivity contribution in [3.05, 3.63) is 22.9 Å². The van der Waals surface area contributed by atoms with Crippen LogP contribution in [0.4, 0.5) is 5.82 Å². The van der Waals surface area contributed by atoms with Gasteiger partial charge in [-0.25, -0.2) is 4.98 Å². The van der Waals surface area contributed by atoms with Crippen molar-refractivity contribution < 1.29 is 4.79 Å². The number of piperidine rings is 1. The van der Waals surface area contributed by atoms with Gasteiger partial charge in [0.2, 0.25) is 0 Å². The molecule has 0 aromatic carbocycles. The lowest BCUT2D eigenvalue weighted by molar-refractivity contribution is 0.100. The molecular weight excluding hydrogens is 314 g/mol. The van der Waals surface area contributed by atoms with Crippen molar-refractivity contribution in [2.75, 3.05) is 24.5 Å². The minimum absolute atomic E-state index is 0.269. The number of amides is 1. The van der Waals surface area contributed by atoms with Crippen molar-refractivity contribution in [1.29, 1.82) is 0 Å². The van der Waals surface area contributed by atoms with Crippen LogP contribution in [0.25, 0.3) is 0 Å². The molecule has 1 aliphatic heterocycles. The van der Waals surface area contributed by atoms with Crippen LogP contribution in [0, 0.1) is 19.8 Å². The maximum Gasteiger partial charge on any atom is 0.282 e. The second-order valence-corrected chi connectivity index (χ2v) is 7.38. The van der Waals surface area contributed by atoms with Crippen LogP contribution in [0.3, 0.4) is 0 Å². The lowest BCUT2D eigenvalue weighted by atomic mass is 10.0. The van der Waals surface area contributed by atoms with E-state index < -0.39 is 0 Å². The van der Waals surface area contributed by atoms with Crippen LogP contribution in [-0.2, 0) is 0 Å². The van der Waals surface area contributed by atoms with E-state index in [-0.39, 0.29) is 11.7 Å². The highest BCUT2D eigenvalue weighted by atomic mass is 16.1. The molecule has 25 heavy (non-hydrogen) atoms. The Labute approximate surface area is 150 Å². The molecule has 1 amide bonds. The van der Waals surface area contributed by atoms with Gasteiger partial charge in [-0.2, -0.15) is 4.99 Å². The largest absolute Gasteiger partial charge is 0.387 e. The Morgan fingerprint density at radius 2 is 2.04 bits per heavy atom. The third-order valence-electron chi connectivity index (χ3n) is 4.56. The van der Waals surface area contributed by atoms with Gasteiger partial charge in [-0.05, 0) is 57.7 Å². The number of amidine groups is 1. The Bertz CT molecular complexity index is 641. The fourth-order valence-electron chi connectivity index (χ4n) is 3.01. The monoisotopic (exact) mass is 345 g/mol. The molecule has 6 heteroatoms. The average molecular weight is 345 g/mol. The van der Waals surface area contributed by atoms with Crippen molar-refractivity contribution in [1.82, 2.24) is 10.3 Å². The van der Waals surface area contributed by atoms with Gasteiger partial charge in [0.1, 0.15) is 11.7 Å². The number of hydrogen-bond acceptors (Lipinski definition) is 4. The Morgan fingerprint density at radius 3 is 2.60 bits per heavy atom. The molecule has 3 N–H and O–H groups in total. The minimum Gasteiger partial charge on any atom is -0.387 e. The second kappa shape index (κ2) is 8.43. The van der Waals surface area contributed by atoms with Gasteiger partial charge in [0, 0.05) is 24.8 Å². The van der Waals surface area contributed by atoms with Crippen molar-refractivity contribution in [3.8, 4) is 0 Å². The van der Waals surface area contributed by atoms with Crippen LogP contribution in [0.2, 0.25) is 0 Å². The van der Waals surface area contributed by atoms with Crippen LogP contribution in [0.1, 0.15) is 55.2 Å². The van der Waals surface area contributed by atoms with E-state index in [0.29, 0.717) is 17.5 Å². The normalized spacial score (nSPS) is 16.6. The number of rotatable bonds is 5. The van der Waals surface area contributed by atoms with Crippen molar-refractivity contribution in [2.45, 2.75) is 53.5 Å².